The number of piperidine rings is 1. The fraction of sp³-hybridized carbons (Fsp3) is 0.765. The summed E-state index contributed by atoms with van der Waals surface area (Å²) < 4.78 is 7.35. The van der Waals surface area contributed by atoms with Crippen molar-refractivity contribution in [3.05, 3.63) is 18.5 Å². The third kappa shape index (κ3) is 2.85. The van der Waals surface area contributed by atoms with Gasteiger partial charge < -0.3 is 15.0 Å². The number of morpholine rings is 1. The number of likely N-dealkylation sites (tertiary alicyclic amines) is 1. The Balaban J connectivity index is 1.49. The molecule has 3 saturated heterocycles. The van der Waals surface area contributed by atoms with E-state index in [1.807, 2.05) is 16.9 Å². The summed E-state index contributed by atoms with van der Waals surface area (Å²) >= 11 is 0. The van der Waals surface area contributed by atoms with Gasteiger partial charge in [-0.05, 0) is 38.4 Å². The Morgan fingerprint density at radius 1 is 1.21 bits per heavy atom. The number of carbonyl (C=O) groups excluding carboxylic acids is 1. The maximum atomic E-state index is 13.4. The van der Waals surface area contributed by atoms with E-state index in [2.05, 4.69) is 20.2 Å². The lowest BCUT2D eigenvalue weighted by molar-refractivity contribution is -0.142. The lowest BCUT2D eigenvalue weighted by atomic mass is 9.87. The number of nitrogens with zero attached hydrogens (tertiary/aromatic N) is 4. The number of aromatic nitrogens is 2. The van der Waals surface area contributed by atoms with Gasteiger partial charge in [-0.25, -0.2) is 0 Å². The summed E-state index contributed by atoms with van der Waals surface area (Å²) in [4.78, 5) is 18.0. The topological polar surface area (TPSA) is 62.6 Å². The number of hydrogen-bond donors (Lipinski definition) is 1. The number of amides is 1. The molecule has 3 aliphatic heterocycles. The van der Waals surface area contributed by atoms with Crippen molar-refractivity contribution >= 4 is 5.91 Å². The van der Waals surface area contributed by atoms with Gasteiger partial charge in [-0.3, -0.25) is 14.4 Å². The van der Waals surface area contributed by atoms with Crippen LogP contribution in [-0.2, 0) is 15.1 Å². The molecule has 0 aromatic carbocycles. The SMILES string of the molecule is O=C(N1CCC(N2CCOCC2)C1)C1(n2cccn2)CCNCC1. The molecule has 1 aromatic heterocycles. The second kappa shape index (κ2) is 6.82. The molecule has 7 nitrogen and oxygen atoms in total. The number of hydrogen-bond acceptors (Lipinski definition) is 5. The highest BCUT2D eigenvalue weighted by molar-refractivity contribution is 5.85. The Kier molecular flexibility index (Phi) is 4.56. The summed E-state index contributed by atoms with van der Waals surface area (Å²) in [6.07, 6.45) is 6.41. The second-order valence-electron chi connectivity index (χ2n) is 7.07. The van der Waals surface area contributed by atoms with Crippen LogP contribution >= 0.6 is 0 Å². The smallest absolute Gasteiger partial charge is 0.250 e. The van der Waals surface area contributed by atoms with E-state index in [1.165, 1.54) is 0 Å². The molecule has 1 aromatic rings. The van der Waals surface area contributed by atoms with Gasteiger partial charge in [-0.2, -0.15) is 5.10 Å². The first-order valence-corrected chi connectivity index (χ1v) is 9.12. The van der Waals surface area contributed by atoms with Crippen molar-refractivity contribution in [2.24, 2.45) is 0 Å². The predicted octanol–water partition coefficient (Wildman–Crippen LogP) is -0.105. The van der Waals surface area contributed by atoms with E-state index < -0.39 is 5.54 Å². The molecule has 0 bridgehead atoms. The molecule has 4 heterocycles. The molecular formula is C17H27N5O2. The van der Waals surface area contributed by atoms with Crippen molar-refractivity contribution in [1.29, 1.82) is 0 Å². The van der Waals surface area contributed by atoms with Crippen LogP contribution in [0.5, 0.6) is 0 Å². The van der Waals surface area contributed by atoms with Crippen LogP contribution in [0.3, 0.4) is 0 Å². The molecule has 0 spiro atoms. The van der Waals surface area contributed by atoms with E-state index >= 15 is 0 Å². The zero-order chi connectivity index (χ0) is 16.4. The summed E-state index contributed by atoms with van der Waals surface area (Å²) in [5, 5.41) is 7.80. The summed E-state index contributed by atoms with van der Waals surface area (Å²) in [6, 6.07) is 2.40. The molecular weight excluding hydrogens is 306 g/mol. The van der Waals surface area contributed by atoms with Gasteiger partial charge in [0, 0.05) is 44.6 Å². The fourth-order valence-electron chi connectivity index (χ4n) is 4.36. The minimum atomic E-state index is -0.505. The number of ether oxygens (including phenoxy) is 1. The maximum absolute atomic E-state index is 13.4. The van der Waals surface area contributed by atoms with Crippen LogP contribution in [0.4, 0.5) is 0 Å². The third-order valence-corrected chi connectivity index (χ3v) is 5.78. The van der Waals surface area contributed by atoms with E-state index in [-0.39, 0.29) is 5.91 Å². The quantitative estimate of drug-likeness (QED) is 0.837. The van der Waals surface area contributed by atoms with Crippen molar-refractivity contribution in [3.8, 4) is 0 Å². The lowest BCUT2D eigenvalue weighted by Gasteiger charge is -2.39. The molecule has 24 heavy (non-hydrogen) atoms. The summed E-state index contributed by atoms with van der Waals surface area (Å²) in [6.45, 7) is 7.04. The average molecular weight is 333 g/mol. The van der Waals surface area contributed by atoms with Gasteiger partial charge in [-0.15, -0.1) is 0 Å². The van der Waals surface area contributed by atoms with Crippen molar-refractivity contribution in [3.63, 3.8) is 0 Å². The molecule has 4 rings (SSSR count). The Labute approximate surface area is 142 Å². The largest absolute Gasteiger partial charge is 0.379 e. The van der Waals surface area contributed by atoms with Crippen LogP contribution in [-0.4, -0.2) is 84.0 Å². The van der Waals surface area contributed by atoms with Gasteiger partial charge in [0.05, 0.1) is 13.2 Å². The molecule has 0 radical (unpaired) electrons. The molecule has 0 saturated carbocycles. The summed E-state index contributed by atoms with van der Waals surface area (Å²) in [7, 11) is 0. The zero-order valence-corrected chi connectivity index (χ0v) is 14.2. The Bertz CT molecular complexity index is 549. The summed E-state index contributed by atoms with van der Waals surface area (Å²) in [5.74, 6) is 0.253. The van der Waals surface area contributed by atoms with Gasteiger partial charge >= 0.3 is 0 Å². The first kappa shape index (κ1) is 16.1. The van der Waals surface area contributed by atoms with Gasteiger partial charge in [0.1, 0.15) is 5.54 Å². The van der Waals surface area contributed by atoms with Gasteiger partial charge in [0.2, 0.25) is 0 Å². The molecule has 1 unspecified atom stereocenters. The van der Waals surface area contributed by atoms with E-state index in [1.54, 1.807) is 6.20 Å². The van der Waals surface area contributed by atoms with E-state index in [9.17, 15) is 4.79 Å². The van der Waals surface area contributed by atoms with E-state index in [4.69, 9.17) is 4.74 Å². The predicted molar refractivity (Wildman–Crippen MR) is 89.7 cm³/mol. The Morgan fingerprint density at radius 2 is 2.00 bits per heavy atom. The maximum Gasteiger partial charge on any atom is 0.250 e. The minimum absolute atomic E-state index is 0.253. The highest BCUT2D eigenvalue weighted by atomic mass is 16.5. The van der Waals surface area contributed by atoms with Gasteiger partial charge in [0.15, 0.2) is 0 Å². The molecule has 3 aliphatic rings. The van der Waals surface area contributed by atoms with Crippen LogP contribution in [0.1, 0.15) is 19.3 Å². The van der Waals surface area contributed by atoms with Gasteiger partial charge in [-0.1, -0.05) is 0 Å². The minimum Gasteiger partial charge on any atom is -0.379 e. The van der Waals surface area contributed by atoms with Crippen molar-refractivity contribution in [2.75, 3.05) is 52.5 Å². The summed E-state index contributed by atoms with van der Waals surface area (Å²) in [5.41, 5.74) is -0.505. The zero-order valence-electron chi connectivity index (χ0n) is 14.2. The fourth-order valence-corrected chi connectivity index (χ4v) is 4.36. The standard InChI is InChI=1S/C17H27N5O2/c23-16(17(3-6-18-7-4-17)22-8-1-5-19-22)21-9-2-15(14-21)20-10-12-24-13-11-20/h1,5,8,15,18H,2-4,6-7,9-14H2. The third-order valence-electron chi connectivity index (χ3n) is 5.78. The van der Waals surface area contributed by atoms with Crippen molar-refractivity contribution in [1.82, 2.24) is 24.9 Å². The van der Waals surface area contributed by atoms with Crippen LogP contribution in [0.25, 0.3) is 0 Å². The van der Waals surface area contributed by atoms with Crippen molar-refractivity contribution < 1.29 is 9.53 Å². The molecule has 3 fully saturated rings. The number of carbonyl (C=O) groups is 1. The molecule has 1 N–H and O–H groups in total. The molecule has 0 aliphatic carbocycles. The van der Waals surface area contributed by atoms with E-state index in [0.717, 1.165) is 71.7 Å². The second-order valence-corrected chi connectivity index (χ2v) is 7.07. The van der Waals surface area contributed by atoms with Crippen LogP contribution in [0, 0.1) is 0 Å². The van der Waals surface area contributed by atoms with Gasteiger partial charge in [0.25, 0.3) is 5.91 Å². The first-order valence-electron chi connectivity index (χ1n) is 9.12. The molecule has 132 valence electrons. The number of nitrogens with one attached hydrogen (secondary N) is 1. The monoisotopic (exact) mass is 333 g/mol. The molecule has 7 heteroatoms. The average Bonchev–Trinajstić information content (AvgIpc) is 3.34. The first-order chi connectivity index (χ1) is 11.8. The van der Waals surface area contributed by atoms with E-state index in [0.29, 0.717) is 6.04 Å². The lowest BCUT2D eigenvalue weighted by Crippen LogP contribution is -2.56. The Morgan fingerprint density at radius 3 is 2.71 bits per heavy atom. The number of rotatable bonds is 3. The highest BCUT2D eigenvalue weighted by Gasteiger charge is 2.46. The molecule has 1 atom stereocenters. The Hall–Kier alpha value is -1.44. The van der Waals surface area contributed by atoms with Crippen LogP contribution in [0.2, 0.25) is 0 Å². The highest BCUT2D eigenvalue weighted by Crippen LogP contribution is 2.31. The normalized spacial score (nSPS) is 28.2. The molecule has 1 amide bonds. The van der Waals surface area contributed by atoms with Crippen LogP contribution < -0.4 is 5.32 Å². The van der Waals surface area contributed by atoms with Crippen molar-refractivity contribution in [2.45, 2.75) is 30.8 Å². The van der Waals surface area contributed by atoms with Crippen LogP contribution in [0.15, 0.2) is 18.5 Å².